The van der Waals surface area contributed by atoms with Gasteiger partial charge in [-0.25, -0.2) is 0 Å². The molecule has 0 aromatic rings. The van der Waals surface area contributed by atoms with Crippen molar-refractivity contribution in [1.82, 2.24) is 0 Å². The summed E-state index contributed by atoms with van der Waals surface area (Å²) >= 11 is 0. The Morgan fingerprint density at radius 2 is 2.33 bits per heavy atom. The van der Waals surface area contributed by atoms with E-state index in [4.69, 9.17) is 26.7 Å². The van der Waals surface area contributed by atoms with E-state index < -0.39 is 24.5 Å². The van der Waals surface area contributed by atoms with Crippen LogP contribution in [0.2, 0.25) is 0 Å². The van der Waals surface area contributed by atoms with Crippen LogP contribution >= 0.6 is 0 Å². The fraction of sp³-hybridized carbons (Fsp3) is 0.714. The number of rotatable bonds is 2. The molecule has 1 saturated heterocycles. The number of hydrogen-bond donors (Lipinski definition) is 3. The van der Waals surface area contributed by atoms with Crippen molar-refractivity contribution in [2.45, 2.75) is 24.5 Å². The Morgan fingerprint density at radius 3 is 2.83 bits per heavy atom. The molecule has 0 aromatic carbocycles. The lowest BCUT2D eigenvalue weighted by Gasteiger charge is -2.15. The molecule has 0 saturated carbocycles. The Hall–Kier alpha value is -0.800. The van der Waals surface area contributed by atoms with E-state index in [0.717, 1.165) is 0 Å². The average Bonchev–Trinajstić information content (AvgIpc) is 2.33. The fourth-order valence-corrected chi connectivity index (χ4v) is 1.14. The van der Waals surface area contributed by atoms with E-state index in [2.05, 4.69) is 0 Å². The molecule has 0 bridgehead atoms. The highest BCUT2D eigenvalue weighted by molar-refractivity contribution is 4.91. The minimum atomic E-state index is -0.988. The second-order valence-electron chi connectivity index (χ2n) is 2.51. The number of aliphatic hydroxyl groups is 2. The van der Waals surface area contributed by atoms with E-state index in [1.54, 1.807) is 0 Å². The van der Waals surface area contributed by atoms with Gasteiger partial charge < -0.3 is 25.4 Å². The molecule has 0 spiro atoms. The summed E-state index contributed by atoms with van der Waals surface area (Å²) < 4.78 is 9.65. The molecule has 5 nitrogen and oxygen atoms in total. The van der Waals surface area contributed by atoms with Gasteiger partial charge in [-0.05, 0) is 0 Å². The third-order valence-electron chi connectivity index (χ3n) is 1.76. The smallest absolute Gasteiger partial charge is 0.168 e. The minimum Gasteiger partial charge on any atom is -0.438 e. The van der Waals surface area contributed by atoms with Crippen molar-refractivity contribution in [1.29, 1.82) is 0 Å². The predicted octanol–water partition coefficient (Wildman–Crippen LogP) is -2.00. The Kier molecular flexibility index (Phi) is 2.89. The van der Waals surface area contributed by atoms with Crippen LogP contribution in [-0.4, -0.2) is 41.4 Å². The lowest BCUT2D eigenvalue weighted by Crippen LogP contribution is -2.38. The Bertz CT molecular complexity index is 190. The first kappa shape index (κ1) is 9.29. The van der Waals surface area contributed by atoms with Crippen LogP contribution in [-0.2, 0) is 9.47 Å². The zero-order valence-corrected chi connectivity index (χ0v) is 6.38. The molecule has 1 rings (SSSR count). The van der Waals surface area contributed by atoms with Gasteiger partial charge in [-0.15, -0.1) is 0 Å². The summed E-state index contributed by atoms with van der Waals surface area (Å²) in [6.07, 6.45) is 3.57. The summed E-state index contributed by atoms with van der Waals surface area (Å²) in [5.41, 5.74) is 5.33. The summed E-state index contributed by atoms with van der Waals surface area (Å²) in [7, 11) is 0. The molecular formula is C7H11NO4. The van der Waals surface area contributed by atoms with Crippen LogP contribution in [0.25, 0.3) is 0 Å². The minimum absolute atomic E-state index is 0.281. The summed E-state index contributed by atoms with van der Waals surface area (Å²) in [4.78, 5) is 0. The van der Waals surface area contributed by atoms with Crippen LogP contribution in [0, 0.1) is 12.5 Å². The highest BCUT2D eigenvalue weighted by Gasteiger charge is 2.43. The second-order valence-corrected chi connectivity index (χ2v) is 2.51. The standard InChI is InChI=1S/C7H11NO4/c1-2-11-6-4(3-9)12-7(8)5(6)10/h1,4-7,9-10H,3,8H2. The highest BCUT2D eigenvalue weighted by atomic mass is 16.6. The van der Waals surface area contributed by atoms with Gasteiger partial charge in [0.2, 0.25) is 0 Å². The van der Waals surface area contributed by atoms with Crippen LogP contribution < -0.4 is 5.73 Å². The summed E-state index contributed by atoms with van der Waals surface area (Å²) in [5, 5.41) is 18.1. The topological polar surface area (TPSA) is 84.9 Å². The number of aliphatic hydroxyl groups excluding tert-OH is 2. The third kappa shape index (κ3) is 1.52. The van der Waals surface area contributed by atoms with Gasteiger partial charge in [0, 0.05) is 0 Å². The fourth-order valence-electron chi connectivity index (χ4n) is 1.14. The van der Waals surface area contributed by atoms with Crippen LogP contribution in [0.5, 0.6) is 0 Å². The van der Waals surface area contributed by atoms with E-state index in [1.165, 1.54) is 0 Å². The van der Waals surface area contributed by atoms with E-state index >= 15 is 0 Å². The first-order valence-corrected chi connectivity index (χ1v) is 3.52. The van der Waals surface area contributed by atoms with E-state index in [9.17, 15) is 5.11 Å². The average molecular weight is 173 g/mol. The highest BCUT2D eigenvalue weighted by Crippen LogP contribution is 2.20. The summed E-state index contributed by atoms with van der Waals surface area (Å²) in [6.45, 7) is -0.281. The maximum absolute atomic E-state index is 9.31. The van der Waals surface area contributed by atoms with Gasteiger partial charge in [0.1, 0.15) is 24.5 Å². The van der Waals surface area contributed by atoms with E-state index in [1.807, 2.05) is 6.11 Å². The Morgan fingerprint density at radius 1 is 1.67 bits per heavy atom. The molecular weight excluding hydrogens is 162 g/mol. The molecule has 68 valence electrons. The van der Waals surface area contributed by atoms with E-state index in [-0.39, 0.29) is 6.61 Å². The summed E-state index contributed by atoms with van der Waals surface area (Å²) in [5.74, 6) is 0. The van der Waals surface area contributed by atoms with Gasteiger partial charge in [-0.2, -0.15) is 0 Å². The number of hydrogen-bond acceptors (Lipinski definition) is 5. The first-order valence-electron chi connectivity index (χ1n) is 3.52. The van der Waals surface area contributed by atoms with Crippen molar-refractivity contribution in [3.63, 3.8) is 0 Å². The maximum atomic E-state index is 9.31. The molecule has 4 unspecified atom stereocenters. The monoisotopic (exact) mass is 173 g/mol. The van der Waals surface area contributed by atoms with Gasteiger partial charge in [0.05, 0.1) is 6.61 Å². The van der Waals surface area contributed by atoms with Gasteiger partial charge >= 0.3 is 0 Å². The molecule has 0 aliphatic carbocycles. The Balaban J connectivity index is 2.61. The molecule has 4 N–H and O–H groups in total. The van der Waals surface area contributed by atoms with Crippen LogP contribution in [0.15, 0.2) is 0 Å². The molecule has 12 heavy (non-hydrogen) atoms. The van der Waals surface area contributed by atoms with Gasteiger partial charge in [-0.1, -0.05) is 6.42 Å². The predicted molar refractivity (Wildman–Crippen MR) is 39.6 cm³/mol. The number of nitrogens with two attached hydrogens (primary N) is 1. The first-order chi connectivity index (χ1) is 5.70. The van der Waals surface area contributed by atoms with Crippen LogP contribution in [0.3, 0.4) is 0 Å². The third-order valence-corrected chi connectivity index (χ3v) is 1.76. The van der Waals surface area contributed by atoms with Gasteiger partial charge in [0.15, 0.2) is 6.10 Å². The van der Waals surface area contributed by atoms with Crippen LogP contribution in [0.1, 0.15) is 0 Å². The molecule has 0 aromatic heterocycles. The molecule has 1 aliphatic heterocycles. The second kappa shape index (κ2) is 3.74. The molecule has 0 radical (unpaired) electrons. The number of terminal acetylenes is 1. The van der Waals surface area contributed by atoms with Crippen molar-refractivity contribution < 1.29 is 19.7 Å². The Labute approximate surface area is 70.1 Å². The zero-order chi connectivity index (χ0) is 9.14. The van der Waals surface area contributed by atoms with Crippen LogP contribution in [0.4, 0.5) is 0 Å². The van der Waals surface area contributed by atoms with Gasteiger partial charge in [-0.3, -0.25) is 0 Å². The van der Waals surface area contributed by atoms with Crippen molar-refractivity contribution in [3.05, 3.63) is 0 Å². The number of ether oxygens (including phenoxy) is 2. The SMILES string of the molecule is C#COC1C(CO)OC(N)C1O. The molecule has 1 aliphatic rings. The molecule has 5 heteroatoms. The maximum Gasteiger partial charge on any atom is 0.168 e. The molecule has 0 amide bonds. The summed E-state index contributed by atoms with van der Waals surface area (Å²) in [6, 6.07) is 0. The lowest BCUT2D eigenvalue weighted by molar-refractivity contribution is -0.0200. The van der Waals surface area contributed by atoms with Crippen molar-refractivity contribution in [3.8, 4) is 12.5 Å². The van der Waals surface area contributed by atoms with Crippen molar-refractivity contribution in [2.75, 3.05) is 6.61 Å². The normalized spacial score (nSPS) is 40.8. The lowest BCUT2D eigenvalue weighted by atomic mass is 10.1. The van der Waals surface area contributed by atoms with Crippen molar-refractivity contribution in [2.24, 2.45) is 5.73 Å². The largest absolute Gasteiger partial charge is 0.438 e. The van der Waals surface area contributed by atoms with Crippen molar-refractivity contribution >= 4 is 0 Å². The van der Waals surface area contributed by atoms with Gasteiger partial charge in [0.25, 0.3) is 0 Å². The van der Waals surface area contributed by atoms with E-state index in [0.29, 0.717) is 0 Å². The quantitative estimate of drug-likeness (QED) is 0.420. The molecule has 4 atom stereocenters. The molecule has 1 heterocycles. The zero-order valence-electron chi connectivity index (χ0n) is 6.38. The molecule has 1 fully saturated rings.